The zero-order valence-electron chi connectivity index (χ0n) is 16.8. The Morgan fingerprint density at radius 1 is 0.968 bits per heavy atom. The number of nitrogens with one attached hydrogen (secondary N) is 2. The maximum atomic E-state index is 12.9. The molecule has 0 aliphatic heterocycles. The minimum atomic E-state index is -0.659. The van der Waals surface area contributed by atoms with E-state index in [9.17, 15) is 14.4 Å². The summed E-state index contributed by atoms with van der Waals surface area (Å²) in [7, 11) is 1.23. The van der Waals surface area contributed by atoms with Gasteiger partial charge in [0.05, 0.1) is 33.3 Å². The Morgan fingerprint density at radius 2 is 1.68 bits per heavy atom. The fraction of sp³-hybridized carbons (Fsp3) is 0.136. The molecule has 1 heterocycles. The topological polar surface area (TPSA) is 84.5 Å². The summed E-state index contributed by atoms with van der Waals surface area (Å²) in [6.07, 6.45) is 0. The van der Waals surface area contributed by atoms with Gasteiger partial charge in [0.1, 0.15) is 5.00 Å². The molecule has 0 aliphatic rings. The number of ether oxygens (including phenoxy) is 1. The molecule has 3 rings (SSSR count). The molecule has 0 spiro atoms. The highest BCUT2D eigenvalue weighted by Gasteiger charge is 2.27. The summed E-state index contributed by atoms with van der Waals surface area (Å²) in [6.45, 7) is 3.48. The first-order chi connectivity index (χ1) is 14.7. The van der Waals surface area contributed by atoms with Crippen LogP contribution in [0.4, 0.5) is 10.7 Å². The van der Waals surface area contributed by atoms with Crippen LogP contribution >= 0.6 is 34.5 Å². The van der Waals surface area contributed by atoms with Crippen LogP contribution in [0.3, 0.4) is 0 Å². The molecule has 1 aromatic heterocycles. The van der Waals surface area contributed by atoms with E-state index in [2.05, 4.69) is 10.6 Å². The number of rotatable bonds is 5. The first-order valence-corrected chi connectivity index (χ1v) is 10.6. The van der Waals surface area contributed by atoms with Gasteiger partial charge in [-0.1, -0.05) is 47.0 Å². The third-order valence-corrected chi connectivity index (χ3v) is 6.47. The lowest BCUT2D eigenvalue weighted by Crippen LogP contribution is -2.14. The highest BCUT2D eigenvalue weighted by atomic mass is 35.5. The average Bonchev–Trinajstić information content (AvgIpc) is 3.06. The van der Waals surface area contributed by atoms with Crippen LogP contribution in [0.25, 0.3) is 0 Å². The van der Waals surface area contributed by atoms with Crippen LogP contribution in [0.1, 0.15) is 41.5 Å². The van der Waals surface area contributed by atoms with Crippen molar-refractivity contribution in [2.24, 2.45) is 0 Å². The normalized spacial score (nSPS) is 10.5. The van der Waals surface area contributed by atoms with Crippen LogP contribution in [0.15, 0.2) is 42.5 Å². The zero-order valence-corrected chi connectivity index (χ0v) is 19.2. The van der Waals surface area contributed by atoms with Crippen molar-refractivity contribution in [3.63, 3.8) is 0 Å². The van der Waals surface area contributed by atoms with Crippen molar-refractivity contribution in [3.8, 4) is 0 Å². The number of methoxy groups -OCH3 is 1. The number of hydrogen-bond acceptors (Lipinski definition) is 5. The van der Waals surface area contributed by atoms with Crippen LogP contribution in [-0.4, -0.2) is 24.9 Å². The Kier molecular flexibility index (Phi) is 7.00. The average molecular weight is 477 g/mol. The summed E-state index contributed by atoms with van der Waals surface area (Å²) < 4.78 is 4.86. The van der Waals surface area contributed by atoms with Gasteiger partial charge in [-0.05, 0) is 43.7 Å². The Bertz CT molecular complexity index is 1190. The number of amides is 2. The lowest BCUT2D eigenvalue weighted by Gasteiger charge is -2.07. The van der Waals surface area contributed by atoms with Crippen LogP contribution in [0.5, 0.6) is 0 Å². The Morgan fingerprint density at radius 3 is 2.35 bits per heavy atom. The van der Waals surface area contributed by atoms with Gasteiger partial charge in [0.2, 0.25) is 0 Å². The molecular formula is C22H18Cl2N2O4S. The van der Waals surface area contributed by atoms with Gasteiger partial charge in [0.15, 0.2) is 0 Å². The number of aryl methyl sites for hydroxylation is 1. The molecule has 0 saturated heterocycles. The van der Waals surface area contributed by atoms with Crippen LogP contribution in [-0.2, 0) is 4.74 Å². The molecule has 0 bridgehead atoms. The third-order valence-electron chi connectivity index (χ3n) is 4.45. The van der Waals surface area contributed by atoms with Crippen molar-refractivity contribution in [2.45, 2.75) is 13.8 Å². The summed E-state index contributed by atoms with van der Waals surface area (Å²) in [6, 6.07) is 11.9. The van der Waals surface area contributed by atoms with Gasteiger partial charge in [-0.2, -0.15) is 0 Å². The summed E-state index contributed by atoms with van der Waals surface area (Å²) in [5, 5.41) is 6.13. The van der Waals surface area contributed by atoms with E-state index < -0.39 is 17.8 Å². The van der Waals surface area contributed by atoms with E-state index >= 15 is 0 Å². The molecule has 3 aromatic rings. The van der Waals surface area contributed by atoms with Gasteiger partial charge in [0, 0.05) is 5.56 Å². The van der Waals surface area contributed by atoms with E-state index in [0.29, 0.717) is 21.8 Å². The number of halogens is 2. The Hall–Kier alpha value is -2.87. The number of carbonyl (C=O) groups is 3. The zero-order chi connectivity index (χ0) is 22.7. The number of hydrogen-bond donors (Lipinski definition) is 2. The SMILES string of the molecule is COC(=O)c1c(NC(=O)c2cccc(C)c2)sc(C(=O)Nc2cccc(Cl)c2Cl)c1C. The molecule has 2 N–H and O–H groups in total. The molecule has 160 valence electrons. The summed E-state index contributed by atoms with van der Waals surface area (Å²) in [5.74, 6) is -1.55. The molecule has 0 fully saturated rings. The van der Waals surface area contributed by atoms with Gasteiger partial charge in [0.25, 0.3) is 11.8 Å². The molecule has 2 amide bonds. The van der Waals surface area contributed by atoms with E-state index in [4.69, 9.17) is 27.9 Å². The highest BCUT2D eigenvalue weighted by Crippen LogP contribution is 2.36. The van der Waals surface area contributed by atoms with Crippen LogP contribution < -0.4 is 10.6 Å². The van der Waals surface area contributed by atoms with E-state index in [1.54, 1.807) is 43.3 Å². The largest absolute Gasteiger partial charge is 0.465 e. The van der Waals surface area contributed by atoms with Gasteiger partial charge in [-0.3, -0.25) is 9.59 Å². The predicted molar refractivity (Wildman–Crippen MR) is 124 cm³/mol. The number of carbonyl (C=O) groups excluding carboxylic acids is 3. The molecule has 0 saturated carbocycles. The lowest BCUT2D eigenvalue weighted by molar-refractivity contribution is 0.0601. The first kappa shape index (κ1) is 22.8. The van der Waals surface area contributed by atoms with Crippen molar-refractivity contribution >= 4 is 63.0 Å². The third kappa shape index (κ3) is 4.90. The second-order valence-corrected chi connectivity index (χ2v) is 8.44. The van der Waals surface area contributed by atoms with Crippen molar-refractivity contribution < 1.29 is 19.1 Å². The maximum Gasteiger partial charge on any atom is 0.341 e. The van der Waals surface area contributed by atoms with Gasteiger partial charge < -0.3 is 15.4 Å². The summed E-state index contributed by atoms with van der Waals surface area (Å²) in [5.41, 5.74) is 2.18. The van der Waals surface area contributed by atoms with Crippen molar-refractivity contribution in [2.75, 3.05) is 17.7 Å². The fourth-order valence-corrected chi connectivity index (χ4v) is 4.34. The monoisotopic (exact) mass is 476 g/mol. The van der Waals surface area contributed by atoms with E-state index in [1.165, 1.54) is 7.11 Å². The van der Waals surface area contributed by atoms with Gasteiger partial charge in [-0.15, -0.1) is 11.3 Å². The molecule has 0 unspecified atom stereocenters. The number of benzene rings is 2. The predicted octanol–water partition coefficient (Wildman–Crippen LogP) is 5.96. The molecule has 2 aromatic carbocycles. The summed E-state index contributed by atoms with van der Waals surface area (Å²) in [4.78, 5) is 38.2. The van der Waals surface area contributed by atoms with E-state index in [1.807, 2.05) is 13.0 Å². The van der Waals surface area contributed by atoms with Crippen molar-refractivity contribution in [1.82, 2.24) is 0 Å². The molecule has 9 heteroatoms. The van der Waals surface area contributed by atoms with Crippen LogP contribution in [0.2, 0.25) is 10.0 Å². The van der Waals surface area contributed by atoms with Gasteiger partial charge >= 0.3 is 5.97 Å². The second-order valence-electron chi connectivity index (χ2n) is 6.63. The number of anilines is 2. The fourth-order valence-electron chi connectivity index (χ4n) is 2.91. The summed E-state index contributed by atoms with van der Waals surface area (Å²) >= 11 is 13.1. The van der Waals surface area contributed by atoms with Crippen LogP contribution in [0, 0.1) is 13.8 Å². The Balaban J connectivity index is 1.96. The second kappa shape index (κ2) is 9.51. The molecule has 6 nitrogen and oxygen atoms in total. The molecule has 0 aliphatic carbocycles. The van der Waals surface area contributed by atoms with Crippen molar-refractivity contribution in [1.29, 1.82) is 0 Å². The minimum absolute atomic E-state index is 0.121. The first-order valence-electron chi connectivity index (χ1n) is 9.08. The smallest absolute Gasteiger partial charge is 0.341 e. The molecule has 0 radical (unpaired) electrons. The minimum Gasteiger partial charge on any atom is -0.465 e. The molecule has 31 heavy (non-hydrogen) atoms. The molecular weight excluding hydrogens is 459 g/mol. The van der Waals surface area contributed by atoms with E-state index in [0.717, 1.165) is 16.9 Å². The lowest BCUT2D eigenvalue weighted by atomic mass is 10.1. The molecule has 0 atom stereocenters. The number of esters is 1. The maximum absolute atomic E-state index is 12.9. The number of thiophene rings is 1. The quantitative estimate of drug-likeness (QED) is 0.444. The van der Waals surface area contributed by atoms with Crippen molar-refractivity contribution in [3.05, 3.63) is 79.6 Å². The van der Waals surface area contributed by atoms with Gasteiger partial charge in [-0.25, -0.2) is 4.79 Å². The standard InChI is InChI=1S/C22H18Cl2N2O4S/c1-11-6-4-7-13(10-11)19(27)26-21-16(22(29)30-3)12(2)18(31-21)20(28)25-15-9-5-8-14(23)17(15)24/h4-10H,1-3H3,(H,25,28)(H,26,27). The highest BCUT2D eigenvalue weighted by molar-refractivity contribution is 7.19. The Labute approximate surface area is 193 Å². The van der Waals surface area contributed by atoms with E-state index in [-0.39, 0.29) is 20.5 Å².